The van der Waals surface area contributed by atoms with E-state index in [0.29, 0.717) is 57.7 Å². The lowest BCUT2D eigenvalue weighted by Gasteiger charge is -2.20. The van der Waals surface area contributed by atoms with Crippen molar-refractivity contribution in [3.63, 3.8) is 0 Å². The molecule has 0 spiro atoms. The van der Waals surface area contributed by atoms with Crippen LogP contribution in [0.25, 0.3) is 11.0 Å². The Bertz CT molecular complexity index is 1520. The maximum atomic E-state index is 13.6. The minimum absolute atomic E-state index is 0.288. The highest BCUT2D eigenvalue weighted by Crippen LogP contribution is 2.46. The van der Waals surface area contributed by atoms with Crippen LogP contribution in [0.3, 0.4) is 0 Å². The van der Waals surface area contributed by atoms with Gasteiger partial charge in [0, 0.05) is 5.69 Å². The van der Waals surface area contributed by atoms with E-state index in [4.69, 9.17) is 23.4 Å². The topological polar surface area (TPSA) is 96.2 Å². The quantitative estimate of drug-likeness (QED) is 0.315. The molecule has 0 radical (unpaired) electrons. The molecular weight excluding hydrogens is 486 g/mol. The molecule has 0 bridgehead atoms. The van der Waals surface area contributed by atoms with E-state index in [0.717, 1.165) is 0 Å². The SMILES string of the molecule is COc1ccc(NC(=O)[C@H]2Oc3c(c(=O)oc4ccccc34)[C@@H]2c2ccc(OCC(C)C)c(OC)c2)cc1. The molecule has 0 unspecified atom stereocenters. The van der Waals surface area contributed by atoms with Gasteiger partial charge in [0.25, 0.3) is 5.91 Å². The summed E-state index contributed by atoms with van der Waals surface area (Å²) < 4.78 is 28.6. The van der Waals surface area contributed by atoms with E-state index >= 15 is 0 Å². The fourth-order valence-electron chi connectivity index (χ4n) is 4.56. The number of ether oxygens (including phenoxy) is 4. The van der Waals surface area contributed by atoms with Gasteiger partial charge in [-0.1, -0.05) is 32.0 Å². The molecule has 2 atom stereocenters. The number of rotatable bonds is 8. The summed E-state index contributed by atoms with van der Waals surface area (Å²) in [7, 11) is 3.13. The summed E-state index contributed by atoms with van der Waals surface area (Å²) in [5.41, 5.74) is 1.36. The van der Waals surface area contributed by atoms with Crippen molar-refractivity contribution in [1.29, 1.82) is 0 Å². The Labute approximate surface area is 220 Å². The van der Waals surface area contributed by atoms with Crippen LogP contribution in [-0.2, 0) is 4.79 Å². The molecule has 1 aromatic heterocycles. The molecule has 2 heterocycles. The smallest absolute Gasteiger partial charge is 0.344 e. The summed E-state index contributed by atoms with van der Waals surface area (Å²) in [6, 6.07) is 19.5. The highest BCUT2D eigenvalue weighted by Gasteiger charge is 2.44. The van der Waals surface area contributed by atoms with Gasteiger partial charge in [-0.15, -0.1) is 0 Å². The third-order valence-corrected chi connectivity index (χ3v) is 6.39. The zero-order chi connectivity index (χ0) is 26.8. The van der Waals surface area contributed by atoms with Crippen molar-refractivity contribution in [3.8, 4) is 23.0 Å². The fraction of sp³-hybridized carbons (Fsp3) is 0.267. The molecule has 8 nitrogen and oxygen atoms in total. The second kappa shape index (κ2) is 10.5. The number of fused-ring (bicyclic) bond motifs is 3. The zero-order valence-corrected chi connectivity index (χ0v) is 21.6. The van der Waals surface area contributed by atoms with Crippen LogP contribution in [0.5, 0.6) is 23.0 Å². The predicted octanol–water partition coefficient (Wildman–Crippen LogP) is 5.38. The molecule has 1 aliphatic rings. The van der Waals surface area contributed by atoms with Gasteiger partial charge in [0.05, 0.1) is 37.7 Å². The van der Waals surface area contributed by atoms with E-state index in [2.05, 4.69) is 19.2 Å². The van der Waals surface area contributed by atoms with Crippen LogP contribution in [0.1, 0.15) is 30.9 Å². The molecule has 1 aliphatic heterocycles. The highest BCUT2D eigenvalue weighted by atomic mass is 16.5. The first-order valence-corrected chi connectivity index (χ1v) is 12.4. The van der Waals surface area contributed by atoms with Gasteiger partial charge in [0.15, 0.2) is 17.6 Å². The number of para-hydroxylation sites is 1. The van der Waals surface area contributed by atoms with Gasteiger partial charge in [-0.25, -0.2) is 4.79 Å². The van der Waals surface area contributed by atoms with Gasteiger partial charge in [-0.2, -0.15) is 0 Å². The zero-order valence-electron chi connectivity index (χ0n) is 21.6. The van der Waals surface area contributed by atoms with Crippen molar-refractivity contribution < 1.29 is 28.2 Å². The third kappa shape index (κ3) is 4.77. The number of nitrogens with one attached hydrogen (secondary N) is 1. The first-order valence-electron chi connectivity index (χ1n) is 12.4. The van der Waals surface area contributed by atoms with Crippen molar-refractivity contribution >= 4 is 22.6 Å². The van der Waals surface area contributed by atoms with Gasteiger partial charge < -0.3 is 28.7 Å². The van der Waals surface area contributed by atoms with Crippen LogP contribution < -0.4 is 29.9 Å². The molecule has 0 aliphatic carbocycles. The standard InChI is InChI=1S/C30H29NO7/c1-17(2)16-36-23-14-9-18(15-24(23)35-4)25-26-27(21-7-5-6-8-22(21)37-30(26)33)38-28(25)29(32)31-19-10-12-20(34-3)13-11-19/h5-15,17,25,28H,16H2,1-4H3,(H,31,32)/t25-,28-/m0/s1. The van der Waals surface area contributed by atoms with Crippen LogP contribution in [0.2, 0.25) is 0 Å². The van der Waals surface area contributed by atoms with Crippen molar-refractivity contribution in [3.05, 3.63) is 88.3 Å². The van der Waals surface area contributed by atoms with Crippen molar-refractivity contribution in [1.82, 2.24) is 0 Å². The lowest BCUT2D eigenvalue weighted by atomic mass is 9.88. The molecule has 8 heteroatoms. The van der Waals surface area contributed by atoms with E-state index in [9.17, 15) is 9.59 Å². The Morgan fingerprint density at radius 1 is 0.974 bits per heavy atom. The number of methoxy groups -OCH3 is 2. The van der Waals surface area contributed by atoms with Gasteiger partial charge in [0.1, 0.15) is 17.1 Å². The molecule has 0 saturated carbocycles. The molecule has 196 valence electrons. The van der Waals surface area contributed by atoms with E-state index in [1.54, 1.807) is 68.8 Å². The van der Waals surface area contributed by atoms with E-state index < -0.39 is 23.6 Å². The molecule has 5 rings (SSSR count). The molecular formula is C30H29NO7. The van der Waals surface area contributed by atoms with Gasteiger partial charge in [-0.3, -0.25) is 4.79 Å². The maximum absolute atomic E-state index is 13.6. The number of carbonyl (C=O) groups excluding carboxylic acids is 1. The van der Waals surface area contributed by atoms with Gasteiger partial charge >= 0.3 is 5.63 Å². The molecule has 0 saturated heterocycles. The average molecular weight is 516 g/mol. The minimum Gasteiger partial charge on any atom is -0.497 e. The maximum Gasteiger partial charge on any atom is 0.344 e. The minimum atomic E-state index is -1.03. The van der Waals surface area contributed by atoms with Crippen LogP contribution in [0.15, 0.2) is 75.9 Å². The number of hydrogen-bond donors (Lipinski definition) is 1. The number of benzene rings is 3. The van der Waals surface area contributed by atoms with Crippen LogP contribution in [-0.4, -0.2) is 32.8 Å². The number of amides is 1. The Balaban J connectivity index is 1.58. The second-order valence-electron chi connectivity index (χ2n) is 9.48. The molecule has 1 amide bonds. The van der Waals surface area contributed by atoms with Crippen LogP contribution >= 0.6 is 0 Å². The summed E-state index contributed by atoms with van der Waals surface area (Å²) >= 11 is 0. The summed E-state index contributed by atoms with van der Waals surface area (Å²) in [5, 5.41) is 3.52. The Hall–Kier alpha value is -4.46. The first kappa shape index (κ1) is 25.2. The fourth-order valence-corrected chi connectivity index (χ4v) is 4.56. The number of anilines is 1. The van der Waals surface area contributed by atoms with E-state index in [1.807, 2.05) is 12.1 Å². The molecule has 0 fully saturated rings. The normalized spacial score (nSPS) is 16.1. The number of carbonyl (C=O) groups is 1. The van der Waals surface area contributed by atoms with Crippen molar-refractivity contribution in [2.45, 2.75) is 25.9 Å². The lowest BCUT2D eigenvalue weighted by Crippen LogP contribution is -2.35. The molecule has 3 aromatic carbocycles. The van der Waals surface area contributed by atoms with E-state index in [-0.39, 0.29) is 5.56 Å². The predicted molar refractivity (Wildman–Crippen MR) is 144 cm³/mol. The van der Waals surface area contributed by atoms with Crippen molar-refractivity contribution in [2.75, 3.05) is 26.1 Å². The van der Waals surface area contributed by atoms with Crippen LogP contribution in [0, 0.1) is 5.92 Å². The summed E-state index contributed by atoms with van der Waals surface area (Å²) in [6.07, 6.45) is -1.03. The molecule has 38 heavy (non-hydrogen) atoms. The van der Waals surface area contributed by atoms with Gasteiger partial charge in [0.2, 0.25) is 0 Å². The van der Waals surface area contributed by atoms with Gasteiger partial charge in [-0.05, 0) is 60.0 Å². The lowest BCUT2D eigenvalue weighted by molar-refractivity contribution is -0.122. The van der Waals surface area contributed by atoms with E-state index in [1.165, 1.54) is 0 Å². The molecule has 4 aromatic rings. The monoisotopic (exact) mass is 515 g/mol. The Kier molecular flexibility index (Phi) is 6.96. The largest absolute Gasteiger partial charge is 0.497 e. The summed E-state index contributed by atoms with van der Waals surface area (Å²) in [6.45, 7) is 4.64. The Morgan fingerprint density at radius 2 is 1.74 bits per heavy atom. The third-order valence-electron chi connectivity index (χ3n) is 6.39. The first-order chi connectivity index (χ1) is 18.4. The average Bonchev–Trinajstić information content (AvgIpc) is 3.34. The summed E-state index contributed by atoms with van der Waals surface area (Å²) in [4.78, 5) is 26.9. The summed E-state index contributed by atoms with van der Waals surface area (Å²) in [5.74, 6) is 1.27. The second-order valence-corrected chi connectivity index (χ2v) is 9.48. The van der Waals surface area contributed by atoms with Crippen LogP contribution in [0.4, 0.5) is 5.69 Å². The number of hydrogen-bond acceptors (Lipinski definition) is 7. The Morgan fingerprint density at radius 3 is 2.45 bits per heavy atom. The highest BCUT2D eigenvalue weighted by molar-refractivity contribution is 5.97. The molecule has 1 N–H and O–H groups in total. The van der Waals surface area contributed by atoms with Crippen molar-refractivity contribution in [2.24, 2.45) is 5.92 Å².